The largest absolute Gasteiger partial charge is 0.494 e. The standard InChI is InChI=1S/C23H32N4O2/c1-3-29-20-12-10-19(11-13-20)21-16-22(26-25-21)23(28)24-14-7-15-27(2)17-18-8-5-4-6-9-18/h4-6,8-13,21-22,25-26H,3,7,14-17H2,1-2H3,(H,24,28). The molecule has 2 atom stereocenters. The van der Waals surface area contributed by atoms with E-state index in [2.05, 4.69) is 52.4 Å². The van der Waals surface area contributed by atoms with Crippen LogP contribution in [0.2, 0.25) is 0 Å². The summed E-state index contributed by atoms with van der Waals surface area (Å²) >= 11 is 0. The number of carbonyl (C=O) groups is 1. The van der Waals surface area contributed by atoms with Crippen molar-refractivity contribution in [2.75, 3.05) is 26.7 Å². The van der Waals surface area contributed by atoms with Crippen molar-refractivity contribution < 1.29 is 9.53 Å². The Morgan fingerprint density at radius 3 is 2.62 bits per heavy atom. The van der Waals surface area contributed by atoms with E-state index in [1.54, 1.807) is 0 Å². The molecule has 156 valence electrons. The van der Waals surface area contributed by atoms with E-state index in [0.717, 1.165) is 37.2 Å². The van der Waals surface area contributed by atoms with Crippen LogP contribution in [-0.2, 0) is 11.3 Å². The Bertz CT molecular complexity index is 751. The highest BCUT2D eigenvalue weighted by Gasteiger charge is 2.29. The highest BCUT2D eigenvalue weighted by atomic mass is 16.5. The third kappa shape index (κ3) is 6.56. The molecule has 6 nitrogen and oxygen atoms in total. The molecular weight excluding hydrogens is 364 g/mol. The molecule has 0 spiro atoms. The molecule has 0 saturated carbocycles. The van der Waals surface area contributed by atoms with Gasteiger partial charge in [-0.15, -0.1) is 0 Å². The molecule has 0 aliphatic carbocycles. The molecule has 6 heteroatoms. The second-order valence-corrected chi connectivity index (χ2v) is 7.50. The lowest BCUT2D eigenvalue weighted by Gasteiger charge is -2.17. The summed E-state index contributed by atoms with van der Waals surface area (Å²) in [6.45, 7) is 5.19. The zero-order valence-corrected chi connectivity index (χ0v) is 17.4. The van der Waals surface area contributed by atoms with E-state index in [0.29, 0.717) is 13.2 Å². The second kappa shape index (κ2) is 11.0. The maximum Gasteiger partial charge on any atom is 0.238 e. The average molecular weight is 397 g/mol. The molecule has 1 fully saturated rings. The van der Waals surface area contributed by atoms with Gasteiger partial charge >= 0.3 is 0 Å². The Balaban J connectivity index is 1.35. The van der Waals surface area contributed by atoms with Gasteiger partial charge in [-0.3, -0.25) is 4.79 Å². The summed E-state index contributed by atoms with van der Waals surface area (Å²) < 4.78 is 5.48. The molecule has 1 aliphatic heterocycles. The van der Waals surface area contributed by atoms with Crippen molar-refractivity contribution >= 4 is 5.91 Å². The van der Waals surface area contributed by atoms with E-state index in [1.165, 1.54) is 5.56 Å². The lowest BCUT2D eigenvalue weighted by Crippen LogP contribution is -2.43. The first-order chi connectivity index (χ1) is 14.2. The van der Waals surface area contributed by atoms with Gasteiger partial charge in [0.05, 0.1) is 6.61 Å². The molecule has 29 heavy (non-hydrogen) atoms. The number of hydrogen-bond acceptors (Lipinski definition) is 5. The molecule has 1 heterocycles. The molecule has 1 aliphatic rings. The molecule has 1 amide bonds. The maximum absolute atomic E-state index is 12.4. The number of nitrogens with one attached hydrogen (secondary N) is 3. The number of benzene rings is 2. The van der Waals surface area contributed by atoms with Crippen LogP contribution < -0.4 is 20.9 Å². The SMILES string of the molecule is CCOc1ccc(C2CC(C(=O)NCCCN(C)Cc3ccccc3)NN2)cc1. The van der Waals surface area contributed by atoms with E-state index in [4.69, 9.17) is 4.74 Å². The minimum absolute atomic E-state index is 0.0525. The molecule has 2 aromatic carbocycles. The van der Waals surface area contributed by atoms with Gasteiger partial charge in [-0.1, -0.05) is 42.5 Å². The Morgan fingerprint density at radius 2 is 1.90 bits per heavy atom. The van der Waals surface area contributed by atoms with Crippen LogP contribution in [0.4, 0.5) is 0 Å². The van der Waals surface area contributed by atoms with Crippen molar-refractivity contribution in [2.24, 2.45) is 0 Å². The van der Waals surface area contributed by atoms with Crippen LogP contribution in [0, 0.1) is 0 Å². The van der Waals surface area contributed by atoms with Gasteiger partial charge in [0.1, 0.15) is 11.8 Å². The Labute approximate surface area is 173 Å². The molecule has 0 bridgehead atoms. The Kier molecular flexibility index (Phi) is 8.04. The van der Waals surface area contributed by atoms with Gasteiger partial charge in [-0.25, -0.2) is 10.9 Å². The van der Waals surface area contributed by atoms with Crippen molar-refractivity contribution in [3.63, 3.8) is 0 Å². The monoisotopic (exact) mass is 396 g/mol. The quantitative estimate of drug-likeness (QED) is 0.539. The molecular formula is C23H32N4O2. The Hall–Kier alpha value is -2.41. The summed E-state index contributed by atoms with van der Waals surface area (Å²) in [6, 6.07) is 18.4. The number of amides is 1. The van der Waals surface area contributed by atoms with Gasteiger partial charge in [-0.05, 0) is 56.6 Å². The van der Waals surface area contributed by atoms with Gasteiger partial charge < -0.3 is 15.0 Å². The molecule has 3 N–H and O–H groups in total. The van der Waals surface area contributed by atoms with Crippen molar-refractivity contribution in [1.29, 1.82) is 0 Å². The summed E-state index contributed by atoms with van der Waals surface area (Å²) in [5.74, 6) is 0.922. The molecule has 0 radical (unpaired) electrons. The summed E-state index contributed by atoms with van der Waals surface area (Å²) in [5.41, 5.74) is 8.81. The fourth-order valence-corrected chi connectivity index (χ4v) is 3.57. The predicted molar refractivity (Wildman–Crippen MR) is 115 cm³/mol. The first-order valence-electron chi connectivity index (χ1n) is 10.4. The molecule has 1 saturated heterocycles. The molecule has 2 aromatic rings. The van der Waals surface area contributed by atoms with Crippen molar-refractivity contribution in [3.05, 3.63) is 65.7 Å². The van der Waals surface area contributed by atoms with Gasteiger partial charge in [0.15, 0.2) is 0 Å². The smallest absolute Gasteiger partial charge is 0.238 e. The van der Waals surface area contributed by atoms with Crippen molar-refractivity contribution in [1.82, 2.24) is 21.1 Å². The average Bonchev–Trinajstić information content (AvgIpc) is 3.23. The molecule has 2 unspecified atom stereocenters. The number of carbonyl (C=O) groups excluding carboxylic acids is 1. The van der Waals surface area contributed by atoms with Crippen LogP contribution in [0.1, 0.15) is 36.9 Å². The second-order valence-electron chi connectivity index (χ2n) is 7.50. The van der Waals surface area contributed by atoms with Crippen LogP contribution in [0.15, 0.2) is 54.6 Å². The zero-order valence-electron chi connectivity index (χ0n) is 17.4. The Morgan fingerprint density at radius 1 is 1.14 bits per heavy atom. The highest BCUT2D eigenvalue weighted by molar-refractivity contribution is 5.82. The van der Waals surface area contributed by atoms with E-state index in [1.807, 2.05) is 37.3 Å². The lowest BCUT2D eigenvalue weighted by atomic mass is 10.0. The van der Waals surface area contributed by atoms with Crippen molar-refractivity contribution in [3.8, 4) is 5.75 Å². The lowest BCUT2D eigenvalue weighted by molar-refractivity contribution is -0.122. The maximum atomic E-state index is 12.4. The van der Waals surface area contributed by atoms with Crippen LogP contribution >= 0.6 is 0 Å². The van der Waals surface area contributed by atoms with Gasteiger partial charge in [0.2, 0.25) is 5.91 Å². The number of rotatable bonds is 10. The predicted octanol–water partition coefficient (Wildman–Crippen LogP) is 2.63. The number of hydrazine groups is 1. The fourth-order valence-electron chi connectivity index (χ4n) is 3.57. The van der Waals surface area contributed by atoms with E-state index >= 15 is 0 Å². The van der Waals surface area contributed by atoms with E-state index in [9.17, 15) is 4.79 Å². The van der Waals surface area contributed by atoms with Crippen LogP contribution in [0.5, 0.6) is 5.75 Å². The van der Waals surface area contributed by atoms with E-state index < -0.39 is 0 Å². The summed E-state index contributed by atoms with van der Waals surface area (Å²) in [4.78, 5) is 14.7. The first kappa shape index (κ1) is 21.3. The minimum atomic E-state index is -0.214. The zero-order chi connectivity index (χ0) is 20.5. The van der Waals surface area contributed by atoms with Gasteiger partial charge in [-0.2, -0.15) is 0 Å². The summed E-state index contributed by atoms with van der Waals surface area (Å²) in [6.07, 6.45) is 1.66. The van der Waals surface area contributed by atoms with Crippen LogP contribution in [-0.4, -0.2) is 43.6 Å². The normalized spacial score (nSPS) is 18.7. The van der Waals surface area contributed by atoms with Gasteiger partial charge in [0, 0.05) is 19.1 Å². The van der Waals surface area contributed by atoms with Crippen LogP contribution in [0.3, 0.4) is 0 Å². The van der Waals surface area contributed by atoms with Gasteiger partial charge in [0.25, 0.3) is 0 Å². The summed E-state index contributed by atoms with van der Waals surface area (Å²) in [5, 5.41) is 3.05. The van der Waals surface area contributed by atoms with E-state index in [-0.39, 0.29) is 18.0 Å². The van der Waals surface area contributed by atoms with Crippen molar-refractivity contribution in [2.45, 2.75) is 38.4 Å². The first-order valence-corrected chi connectivity index (χ1v) is 10.4. The minimum Gasteiger partial charge on any atom is -0.494 e. The number of nitrogens with zero attached hydrogens (tertiary/aromatic N) is 1. The number of hydrogen-bond donors (Lipinski definition) is 3. The molecule has 0 aromatic heterocycles. The molecule has 3 rings (SSSR count). The fraction of sp³-hybridized carbons (Fsp3) is 0.435. The van der Waals surface area contributed by atoms with Crippen LogP contribution in [0.25, 0.3) is 0 Å². The highest BCUT2D eigenvalue weighted by Crippen LogP contribution is 2.24. The third-order valence-corrected chi connectivity index (χ3v) is 5.12. The summed E-state index contributed by atoms with van der Waals surface area (Å²) in [7, 11) is 2.11. The topological polar surface area (TPSA) is 65.6 Å². The number of ether oxygens (including phenoxy) is 1. The third-order valence-electron chi connectivity index (χ3n) is 5.12.